The Balaban J connectivity index is 1.27. The van der Waals surface area contributed by atoms with E-state index in [1.54, 1.807) is 18.2 Å². The van der Waals surface area contributed by atoms with Gasteiger partial charge in [0.2, 0.25) is 5.91 Å². The van der Waals surface area contributed by atoms with Crippen LogP contribution in [0.3, 0.4) is 0 Å². The molecule has 0 bridgehead atoms. The maximum absolute atomic E-state index is 12.4. The van der Waals surface area contributed by atoms with Gasteiger partial charge in [0.1, 0.15) is 5.52 Å². The first-order valence-electron chi connectivity index (χ1n) is 9.45. The molecule has 0 fully saturated rings. The van der Waals surface area contributed by atoms with Crippen molar-refractivity contribution in [2.75, 3.05) is 6.54 Å². The summed E-state index contributed by atoms with van der Waals surface area (Å²) in [6.45, 7) is 1.60. The van der Waals surface area contributed by atoms with Crippen LogP contribution in [0, 0.1) is 0 Å². The van der Waals surface area contributed by atoms with Crippen LogP contribution in [0.2, 0.25) is 0 Å². The second kappa shape index (κ2) is 8.57. The number of carbonyl (C=O) groups is 1. The summed E-state index contributed by atoms with van der Waals surface area (Å²) in [5.41, 5.74) is 1.53. The zero-order valence-corrected chi connectivity index (χ0v) is 17.3. The third-order valence-electron chi connectivity index (χ3n) is 4.81. The predicted molar refractivity (Wildman–Crippen MR) is 116 cm³/mol. The third-order valence-corrected chi connectivity index (χ3v) is 5.31. The van der Waals surface area contributed by atoms with Gasteiger partial charge in [-0.2, -0.15) is 0 Å². The van der Waals surface area contributed by atoms with Crippen LogP contribution in [0.4, 0.5) is 0 Å². The average molecular weight is 454 g/mol. The highest BCUT2D eigenvalue weighted by Crippen LogP contribution is 2.20. The third kappa shape index (κ3) is 4.37. The molecule has 0 spiro atoms. The number of aryl methyl sites for hydroxylation is 1. The van der Waals surface area contributed by atoms with Crippen LogP contribution in [0.25, 0.3) is 21.8 Å². The Bertz CT molecular complexity index is 1230. The minimum atomic E-state index is -0.179. The Labute approximate surface area is 175 Å². The smallest absolute Gasteiger partial charge is 0.277 e. The van der Waals surface area contributed by atoms with E-state index in [-0.39, 0.29) is 11.5 Å². The van der Waals surface area contributed by atoms with E-state index in [0.717, 1.165) is 9.99 Å². The van der Waals surface area contributed by atoms with Crippen molar-refractivity contribution in [3.8, 4) is 0 Å². The molecule has 0 atom stereocenters. The molecule has 1 amide bonds. The number of carbonyl (C=O) groups excluding carboxylic acids is 1. The van der Waals surface area contributed by atoms with Crippen molar-refractivity contribution in [1.29, 1.82) is 0 Å². The van der Waals surface area contributed by atoms with Gasteiger partial charge in [0.15, 0.2) is 0 Å². The summed E-state index contributed by atoms with van der Waals surface area (Å²) in [6.07, 6.45) is 2.88. The first-order valence-corrected chi connectivity index (χ1v) is 10.2. The van der Waals surface area contributed by atoms with Gasteiger partial charge in [-0.1, -0.05) is 39.3 Å². The van der Waals surface area contributed by atoms with Crippen molar-refractivity contribution in [1.82, 2.24) is 24.9 Å². The van der Waals surface area contributed by atoms with Crippen LogP contribution in [0.5, 0.6) is 0 Å². The van der Waals surface area contributed by atoms with Crippen molar-refractivity contribution in [2.24, 2.45) is 0 Å². The Morgan fingerprint density at radius 2 is 1.97 bits per heavy atom. The monoisotopic (exact) mass is 453 g/mol. The quantitative estimate of drug-likeness (QED) is 0.466. The molecular weight excluding hydrogens is 434 g/mol. The van der Waals surface area contributed by atoms with Gasteiger partial charge >= 0.3 is 0 Å². The molecule has 0 radical (unpaired) electrons. The predicted octanol–water partition coefficient (Wildman–Crippen LogP) is 3.11. The SMILES string of the molecule is O=C(CCCn1nnc2ccccc2c1=O)NCCn1ccc2ccc(Br)cc21. The van der Waals surface area contributed by atoms with E-state index >= 15 is 0 Å². The van der Waals surface area contributed by atoms with Gasteiger partial charge in [-0.3, -0.25) is 9.59 Å². The lowest BCUT2D eigenvalue weighted by Crippen LogP contribution is -2.28. The molecule has 2 aromatic carbocycles. The fourth-order valence-electron chi connectivity index (χ4n) is 3.32. The van der Waals surface area contributed by atoms with E-state index < -0.39 is 0 Å². The zero-order valence-electron chi connectivity index (χ0n) is 15.7. The van der Waals surface area contributed by atoms with Gasteiger partial charge in [0, 0.05) is 42.2 Å². The number of amides is 1. The molecule has 0 aliphatic heterocycles. The number of fused-ring (bicyclic) bond motifs is 2. The van der Waals surface area contributed by atoms with Crippen LogP contribution in [-0.2, 0) is 17.9 Å². The van der Waals surface area contributed by atoms with Crippen molar-refractivity contribution in [2.45, 2.75) is 25.9 Å². The molecule has 0 unspecified atom stereocenters. The molecular formula is C21H20BrN5O2. The second-order valence-electron chi connectivity index (χ2n) is 6.80. The van der Waals surface area contributed by atoms with Gasteiger partial charge < -0.3 is 9.88 Å². The number of hydrogen-bond donors (Lipinski definition) is 1. The molecule has 4 aromatic rings. The summed E-state index contributed by atoms with van der Waals surface area (Å²) in [6, 6.07) is 15.3. The minimum Gasteiger partial charge on any atom is -0.354 e. The highest BCUT2D eigenvalue weighted by Gasteiger charge is 2.07. The molecule has 2 heterocycles. The number of nitrogens with one attached hydrogen (secondary N) is 1. The maximum Gasteiger partial charge on any atom is 0.277 e. The highest BCUT2D eigenvalue weighted by molar-refractivity contribution is 9.10. The van der Waals surface area contributed by atoms with Crippen molar-refractivity contribution in [3.05, 3.63) is 69.6 Å². The van der Waals surface area contributed by atoms with E-state index in [9.17, 15) is 9.59 Å². The molecule has 0 saturated heterocycles. The van der Waals surface area contributed by atoms with Crippen LogP contribution >= 0.6 is 15.9 Å². The van der Waals surface area contributed by atoms with Crippen molar-refractivity contribution < 1.29 is 4.79 Å². The van der Waals surface area contributed by atoms with E-state index in [4.69, 9.17) is 0 Å². The molecule has 2 aromatic heterocycles. The molecule has 0 saturated carbocycles. The number of nitrogens with zero attached hydrogens (tertiary/aromatic N) is 4. The summed E-state index contributed by atoms with van der Waals surface area (Å²) < 4.78 is 4.46. The maximum atomic E-state index is 12.4. The number of benzene rings is 2. The topological polar surface area (TPSA) is 81.8 Å². The Morgan fingerprint density at radius 3 is 2.86 bits per heavy atom. The molecule has 0 aliphatic carbocycles. The van der Waals surface area contributed by atoms with Gasteiger partial charge in [-0.15, -0.1) is 5.10 Å². The van der Waals surface area contributed by atoms with E-state index in [1.807, 2.05) is 18.3 Å². The summed E-state index contributed by atoms with van der Waals surface area (Å²) in [7, 11) is 0. The normalized spacial score (nSPS) is 11.2. The standard InChI is InChI=1S/C21H20BrN5O2/c22-16-8-7-15-9-12-26(19(15)14-16)13-10-23-20(28)6-3-11-27-21(29)17-4-1-2-5-18(17)24-25-27/h1-2,4-5,7-9,12,14H,3,6,10-11,13H2,(H,23,28). The van der Waals surface area contributed by atoms with Crippen LogP contribution in [0.15, 0.2) is 64.0 Å². The fraction of sp³-hybridized carbons (Fsp3) is 0.238. The Kier molecular flexibility index (Phi) is 5.71. The number of rotatable bonds is 7. The minimum absolute atomic E-state index is 0.0376. The molecule has 29 heavy (non-hydrogen) atoms. The van der Waals surface area contributed by atoms with Crippen LogP contribution < -0.4 is 10.9 Å². The summed E-state index contributed by atoms with van der Waals surface area (Å²) in [4.78, 5) is 24.5. The molecule has 4 rings (SSSR count). The molecule has 1 N–H and O–H groups in total. The Hall–Kier alpha value is -3.00. The van der Waals surface area contributed by atoms with Gasteiger partial charge in [-0.05, 0) is 42.1 Å². The largest absolute Gasteiger partial charge is 0.354 e. The number of hydrogen-bond acceptors (Lipinski definition) is 4. The molecule has 8 heteroatoms. The molecule has 0 aliphatic rings. The lowest BCUT2D eigenvalue weighted by Gasteiger charge is -2.08. The number of halogens is 1. The Morgan fingerprint density at radius 1 is 1.10 bits per heavy atom. The lowest BCUT2D eigenvalue weighted by molar-refractivity contribution is -0.121. The molecule has 148 valence electrons. The first-order chi connectivity index (χ1) is 14.1. The second-order valence-corrected chi connectivity index (χ2v) is 7.72. The highest BCUT2D eigenvalue weighted by atomic mass is 79.9. The van der Waals surface area contributed by atoms with E-state index in [1.165, 1.54) is 10.1 Å². The van der Waals surface area contributed by atoms with E-state index in [0.29, 0.717) is 43.4 Å². The summed E-state index contributed by atoms with van der Waals surface area (Å²) in [5.74, 6) is -0.0376. The van der Waals surface area contributed by atoms with Gasteiger partial charge in [0.05, 0.1) is 5.39 Å². The summed E-state index contributed by atoms with van der Waals surface area (Å²) in [5, 5.41) is 12.6. The van der Waals surface area contributed by atoms with Gasteiger partial charge in [-0.25, -0.2) is 4.68 Å². The van der Waals surface area contributed by atoms with Crippen LogP contribution in [0.1, 0.15) is 12.8 Å². The van der Waals surface area contributed by atoms with E-state index in [2.05, 4.69) is 54.3 Å². The zero-order chi connectivity index (χ0) is 20.2. The van der Waals surface area contributed by atoms with Crippen molar-refractivity contribution >= 4 is 43.6 Å². The van der Waals surface area contributed by atoms with Gasteiger partial charge in [0.25, 0.3) is 5.56 Å². The molecule has 7 nitrogen and oxygen atoms in total. The lowest BCUT2D eigenvalue weighted by atomic mass is 10.2. The van der Waals surface area contributed by atoms with Crippen molar-refractivity contribution in [3.63, 3.8) is 0 Å². The number of aromatic nitrogens is 4. The fourth-order valence-corrected chi connectivity index (χ4v) is 3.66. The first kappa shape index (κ1) is 19.3. The van der Waals surface area contributed by atoms with Crippen LogP contribution in [-0.4, -0.2) is 32.0 Å². The average Bonchev–Trinajstić information content (AvgIpc) is 3.12. The summed E-state index contributed by atoms with van der Waals surface area (Å²) >= 11 is 3.49.